The molecule has 0 aliphatic heterocycles. The summed E-state index contributed by atoms with van der Waals surface area (Å²) in [5, 5.41) is 0.870. The summed E-state index contributed by atoms with van der Waals surface area (Å²) in [4.78, 5) is 12.7. The molecule has 2 aromatic rings. The summed E-state index contributed by atoms with van der Waals surface area (Å²) in [7, 11) is 0. The van der Waals surface area contributed by atoms with Crippen molar-refractivity contribution < 1.29 is 0 Å². The molecule has 0 saturated heterocycles. The summed E-state index contributed by atoms with van der Waals surface area (Å²) in [5.41, 5.74) is 1.31. The van der Waals surface area contributed by atoms with Gasteiger partial charge in [0.2, 0.25) is 0 Å². The van der Waals surface area contributed by atoms with Crippen molar-refractivity contribution in [3.05, 3.63) is 34.1 Å². The molecular formula is C21H33NOS. The van der Waals surface area contributed by atoms with Crippen LogP contribution in [-0.4, -0.2) is 3.96 Å². The average molecular weight is 348 g/mol. The molecule has 0 saturated carbocycles. The highest BCUT2D eigenvalue weighted by atomic mass is 32.1. The van der Waals surface area contributed by atoms with Gasteiger partial charge in [0.15, 0.2) is 0 Å². The van der Waals surface area contributed by atoms with Crippen molar-refractivity contribution in [2.24, 2.45) is 0 Å². The van der Waals surface area contributed by atoms with Crippen LogP contribution in [-0.2, 0) is 5.54 Å². The standard InChI is InChI=1S/C21H33NOS/c1-5-6-7-8-9-10-11-12-15-21(3,4)22-20(23)18-14-13-17(2)16-19(18)24-22/h13-14,16H,5-12,15H2,1-4H3. The summed E-state index contributed by atoms with van der Waals surface area (Å²) < 4.78 is 3.11. The molecular weight excluding hydrogens is 314 g/mol. The van der Waals surface area contributed by atoms with E-state index < -0.39 is 0 Å². The number of hydrogen-bond acceptors (Lipinski definition) is 2. The maximum Gasteiger partial charge on any atom is 0.269 e. The van der Waals surface area contributed by atoms with Gasteiger partial charge in [-0.3, -0.25) is 8.75 Å². The fourth-order valence-corrected chi connectivity index (χ4v) is 4.53. The third kappa shape index (κ3) is 4.95. The molecule has 1 aromatic carbocycles. The Morgan fingerprint density at radius 1 is 1.00 bits per heavy atom. The van der Waals surface area contributed by atoms with Gasteiger partial charge in [0, 0.05) is 0 Å². The molecule has 0 spiro atoms. The van der Waals surface area contributed by atoms with Crippen molar-refractivity contribution in [1.82, 2.24) is 3.96 Å². The number of aryl methyl sites for hydroxylation is 1. The number of benzene rings is 1. The van der Waals surface area contributed by atoms with E-state index in [2.05, 4.69) is 33.8 Å². The molecule has 24 heavy (non-hydrogen) atoms. The number of aromatic nitrogens is 1. The SMILES string of the molecule is CCCCCCCCCCC(C)(C)n1sc2cc(C)ccc2c1=O. The van der Waals surface area contributed by atoms with Crippen molar-refractivity contribution in [2.75, 3.05) is 0 Å². The normalized spacial score (nSPS) is 12.2. The Kier molecular flexibility index (Phi) is 7.09. The predicted octanol–water partition coefficient (Wildman–Crippen LogP) is 6.64. The van der Waals surface area contributed by atoms with Crippen LogP contribution in [0, 0.1) is 6.92 Å². The second-order valence-corrected chi connectivity index (χ2v) is 8.72. The van der Waals surface area contributed by atoms with E-state index in [1.807, 2.05) is 16.1 Å². The van der Waals surface area contributed by atoms with Gasteiger partial charge in [0.05, 0.1) is 15.6 Å². The van der Waals surface area contributed by atoms with Crippen molar-refractivity contribution in [3.8, 4) is 0 Å². The van der Waals surface area contributed by atoms with Gasteiger partial charge in [-0.15, -0.1) is 0 Å². The Labute approximate surface area is 151 Å². The van der Waals surface area contributed by atoms with Gasteiger partial charge in [-0.05, 0) is 44.9 Å². The largest absolute Gasteiger partial charge is 0.269 e. The second kappa shape index (κ2) is 8.84. The van der Waals surface area contributed by atoms with Crippen molar-refractivity contribution in [2.45, 2.75) is 91.0 Å². The lowest BCUT2D eigenvalue weighted by Gasteiger charge is -2.25. The Hall–Kier alpha value is -1.09. The van der Waals surface area contributed by atoms with Crippen LogP contribution < -0.4 is 5.56 Å². The van der Waals surface area contributed by atoms with Gasteiger partial charge >= 0.3 is 0 Å². The van der Waals surface area contributed by atoms with Crippen LogP contribution in [0.4, 0.5) is 0 Å². The molecule has 1 heterocycles. The number of rotatable bonds is 10. The molecule has 134 valence electrons. The molecule has 3 heteroatoms. The molecule has 0 aliphatic carbocycles. The lowest BCUT2D eigenvalue weighted by molar-refractivity contribution is 0.330. The zero-order valence-electron chi connectivity index (χ0n) is 15.9. The minimum Gasteiger partial charge on any atom is -0.268 e. The maximum absolute atomic E-state index is 12.7. The van der Waals surface area contributed by atoms with Gasteiger partial charge in [-0.1, -0.05) is 75.9 Å². The van der Waals surface area contributed by atoms with Gasteiger partial charge in [-0.2, -0.15) is 0 Å². The summed E-state index contributed by atoms with van der Waals surface area (Å²) in [6, 6.07) is 6.14. The highest BCUT2D eigenvalue weighted by Gasteiger charge is 2.24. The van der Waals surface area contributed by atoms with E-state index in [1.165, 1.54) is 56.9 Å². The van der Waals surface area contributed by atoms with Crippen molar-refractivity contribution >= 4 is 21.6 Å². The minimum absolute atomic E-state index is 0.0864. The monoisotopic (exact) mass is 347 g/mol. The molecule has 2 rings (SSSR count). The van der Waals surface area contributed by atoms with E-state index in [1.54, 1.807) is 11.5 Å². The lowest BCUT2D eigenvalue weighted by Crippen LogP contribution is -2.32. The van der Waals surface area contributed by atoms with Gasteiger partial charge in [-0.25, -0.2) is 0 Å². The first-order valence-corrected chi connectivity index (χ1v) is 10.4. The first kappa shape index (κ1) is 19.2. The maximum atomic E-state index is 12.7. The van der Waals surface area contributed by atoms with E-state index in [-0.39, 0.29) is 11.1 Å². The van der Waals surface area contributed by atoms with Crippen LogP contribution >= 0.6 is 11.5 Å². The molecule has 0 bridgehead atoms. The molecule has 0 fully saturated rings. The van der Waals surface area contributed by atoms with Crippen LogP contribution in [0.1, 0.15) is 84.1 Å². The number of nitrogens with zero attached hydrogens (tertiary/aromatic N) is 1. The first-order chi connectivity index (χ1) is 11.5. The molecule has 0 unspecified atom stereocenters. The van der Waals surface area contributed by atoms with Crippen LogP contribution in [0.5, 0.6) is 0 Å². The zero-order chi connectivity index (χ0) is 17.6. The summed E-state index contributed by atoms with van der Waals surface area (Å²) in [5.74, 6) is 0. The third-order valence-electron chi connectivity index (χ3n) is 4.93. The summed E-state index contributed by atoms with van der Waals surface area (Å²) in [6.07, 6.45) is 11.7. The minimum atomic E-state index is -0.0864. The number of unbranched alkanes of at least 4 members (excludes halogenated alkanes) is 7. The van der Waals surface area contributed by atoms with Gasteiger partial charge in [0.1, 0.15) is 0 Å². The Morgan fingerprint density at radius 2 is 1.62 bits per heavy atom. The number of hydrogen-bond donors (Lipinski definition) is 0. The van der Waals surface area contributed by atoms with E-state index in [0.717, 1.165) is 16.5 Å². The quantitative estimate of drug-likeness (QED) is 0.442. The van der Waals surface area contributed by atoms with E-state index in [9.17, 15) is 4.79 Å². The molecule has 0 radical (unpaired) electrons. The first-order valence-electron chi connectivity index (χ1n) is 9.59. The highest BCUT2D eigenvalue weighted by Crippen LogP contribution is 2.28. The van der Waals surface area contributed by atoms with Gasteiger partial charge < -0.3 is 0 Å². The molecule has 2 nitrogen and oxygen atoms in total. The topological polar surface area (TPSA) is 22.0 Å². The van der Waals surface area contributed by atoms with Crippen molar-refractivity contribution in [3.63, 3.8) is 0 Å². The van der Waals surface area contributed by atoms with Crippen LogP contribution in [0.2, 0.25) is 0 Å². The average Bonchev–Trinajstić information content (AvgIpc) is 2.87. The highest BCUT2D eigenvalue weighted by molar-refractivity contribution is 7.13. The van der Waals surface area contributed by atoms with Crippen molar-refractivity contribution in [1.29, 1.82) is 0 Å². The van der Waals surface area contributed by atoms with E-state index >= 15 is 0 Å². The predicted molar refractivity (Wildman–Crippen MR) is 107 cm³/mol. The third-order valence-corrected chi connectivity index (χ3v) is 6.31. The second-order valence-electron chi connectivity index (χ2n) is 7.73. The number of fused-ring (bicyclic) bond motifs is 1. The Bertz CT molecular complexity index is 695. The smallest absolute Gasteiger partial charge is 0.268 e. The molecule has 0 atom stereocenters. The molecule has 1 aromatic heterocycles. The van der Waals surface area contributed by atoms with Gasteiger partial charge in [0.25, 0.3) is 5.56 Å². The lowest BCUT2D eigenvalue weighted by atomic mass is 9.96. The van der Waals surface area contributed by atoms with E-state index in [4.69, 9.17) is 0 Å². The molecule has 0 amide bonds. The molecule has 0 aliphatic rings. The van der Waals surface area contributed by atoms with Crippen LogP contribution in [0.25, 0.3) is 10.1 Å². The Balaban J connectivity index is 1.89. The fourth-order valence-electron chi connectivity index (χ4n) is 3.32. The van der Waals surface area contributed by atoms with E-state index in [0.29, 0.717) is 0 Å². The summed E-state index contributed by atoms with van der Waals surface area (Å²) >= 11 is 1.63. The summed E-state index contributed by atoms with van der Waals surface area (Å²) in [6.45, 7) is 8.76. The van der Waals surface area contributed by atoms with Crippen LogP contribution in [0.3, 0.4) is 0 Å². The molecule has 0 N–H and O–H groups in total. The fraction of sp³-hybridized carbons (Fsp3) is 0.667. The Morgan fingerprint density at radius 3 is 2.29 bits per heavy atom. The van der Waals surface area contributed by atoms with Crippen LogP contribution in [0.15, 0.2) is 23.0 Å². The zero-order valence-corrected chi connectivity index (χ0v) is 16.7.